The van der Waals surface area contributed by atoms with Crippen molar-refractivity contribution in [1.29, 1.82) is 0 Å². The first kappa shape index (κ1) is 21.6. The van der Waals surface area contributed by atoms with Crippen LogP contribution in [0.25, 0.3) is 21.9 Å². The van der Waals surface area contributed by atoms with E-state index in [4.69, 9.17) is 11.6 Å². The smallest absolute Gasteiger partial charge is 0.289 e. The number of hydrogen-bond acceptors (Lipinski definition) is 6. The molecule has 6 nitrogen and oxygen atoms in total. The van der Waals surface area contributed by atoms with E-state index in [2.05, 4.69) is 15.1 Å². The number of rotatable bonds is 2. The minimum atomic E-state index is -4.54. The summed E-state index contributed by atoms with van der Waals surface area (Å²) in [5, 5.41) is 7.56. The van der Waals surface area contributed by atoms with E-state index in [9.17, 15) is 18.0 Å². The minimum Gasteiger partial charge on any atom is -0.289 e. The monoisotopic (exact) mass is 519 g/mol. The van der Waals surface area contributed by atoms with Gasteiger partial charge in [0.05, 0.1) is 40.1 Å². The Hall–Kier alpha value is -2.89. The number of alkyl halides is 3. The molecule has 2 atom stereocenters. The summed E-state index contributed by atoms with van der Waals surface area (Å²) in [6.07, 6.45) is 0.00444. The van der Waals surface area contributed by atoms with Crippen LogP contribution in [0.3, 0.4) is 0 Å². The maximum Gasteiger partial charge on any atom is 0.416 e. The van der Waals surface area contributed by atoms with Crippen molar-refractivity contribution in [2.75, 3.05) is 0 Å². The first-order chi connectivity index (χ1) is 16.3. The molecule has 6 rings (SSSR count). The third-order valence-corrected chi connectivity index (χ3v) is 8.66. The van der Waals surface area contributed by atoms with Crippen LogP contribution < -0.4 is 5.69 Å². The summed E-state index contributed by atoms with van der Waals surface area (Å²) >= 11 is 8.90. The van der Waals surface area contributed by atoms with E-state index in [0.29, 0.717) is 21.1 Å². The first-order valence-corrected chi connectivity index (χ1v) is 12.2. The van der Waals surface area contributed by atoms with Crippen LogP contribution in [0.4, 0.5) is 13.2 Å². The Morgan fingerprint density at radius 3 is 2.74 bits per heavy atom. The Labute approximate surface area is 203 Å². The molecular weight excluding hydrogens is 507 g/mol. The average molecular weight is 520 g/mol. The third kappa shape index (κ3) is 3.50. The zero-order valence-corrected chi connectivity index (χ0v) is 19.4. The molecule has 4 aromatic heterocycles. The molecule has 172 valence electrons. The molecule has 12 heteroatoms. The van der Waals surface area contributed by atoms with Gasteiger partial charge in [0.15, 0.2) is 5.65 Å². The van der Waals surface area contributed by atoms with Gasteiger partial charge in [0.25, 0.3) is 0 Å². The van der Waals surface area contributed by atoms with Crippen LogP contribution in [0, 0.1) is 0 Å². The Balaban J connectivity index is 1.63. The number of nitrogens with zero attached hydrogens (tertiary/aromatic N) is 5. The Kier molecular flexibility index (Phi) is 4.98. The molecule has 0 radical (unpaired) electrons. The highest BCUT2D eigenvalue weighted by Crippen LogP contribution is 2.51. The first-order valence-electron chi connectivity index (χ1n) is 10.1. The van der Waals surface area contributed by atoms with Crippen molar-refractivity contribution in [2.45, 2.75) is 28.9 Å². The largest absolute Gasteiger partial charge is 0.416 e. The van der Waals surface area contributed by atoms with E-state index in [1.807, 2.05) is 6.07 Å². The lowest BCUT2D eigenvalue weighted by Gasteiger charge is -2.25. The number of fused-ring (bicyclic) bond motifs is 1. The summed E-state index contributed by atoms with van der Waals surface area (Å²) in [6.45, 7) is 0.155. The summed E-state index contributed by atoms with van der Waals surface area (Å²) in [6, 6.07) is 7.18. The molecule has 0 saturated carbocycles. The topological polar surface area (TPSA) is 65.6 Å². The van der Waals surface area contributed by atoms with E-state index < -0.39 is 23.5 Å². The fraction of sp³-hybridized carbons (Fsp3) is 0.182. The third-order valence-electron chi connectivity index (χ3n) is 5.76. The summed E-state index contributed by atoms with van der Waals surface area (Å²) < 4.78 is 44.3. The summed E-state index contributed by atoms with van der Waals surface area (Å²) in [5.41, 5.74) is -0.274. The van der Waals surface area contributed by atoms with Crippen molar-refractivity contribution in [1.82, 2.24) is 24.3 Å². The van der Waals surface area contributed by atoms with Crippen LogP contribution in [0.15, 0.2) is 64.0 Å². The fourth-order valence-corrected chi connectivity index (χ4v) is 7.06. The predicted octanol–water partition coefficient (Wildman–Crippen LogP) is 5.96. The van der Waals surface area contributed by atoms with E-state index in [1.54, 1.807) is 34.6 Å². The molecule has 0 fully saturated rings. The van der Waals surface area contributed by atoms with Gasteiger partial charge in [-0.2, -0.15) is 18.3 Å². The minimum absolute atomic E-state index is 0.155. The van der Waals surface area contributed by atoms with Crippen LogP contribution in [0.2, 0.25) is 5.02 Å². The zero-order valence-electron chi connectivity index (χ0n) is 17.0. The molecule has 1 aromatic carbocycles. The molecule has 0 N–H and O–H groups in total. The normalized spacial score (nSPS) is 18.5. The van der Waals surface area contributed by atoms with Crippen molar-refractivity contribution in [3.8, 4) is 0 Å². The number of thioether (sulfide) groups is 1. The lowest BCUT2D eigenvalue weighted by atomic mass is 10.1. The van der Waals surface area contributed by atoms with Crippen LogP contribution in [-0.4, -0.2) is 24.3 Å². The van der Waals surface area contributed by atoms with Crippen LogP contribution in [0.5, 0.6) is 0 Å². The van der Waals surface area contributed by atoms with Crippen molar-refractivity contribution in [3.63, 3.8) is 0 Å². The molecule has 0 saturated heterocycles. The van der Waals surface area contributed by atoms with E-state index in [0.717, 1.165) is 22.4 Å². The second kappa shape index (κ2) is 7.82. The van der Waals surface area contributed by atoms with E-state index >= 15 is 0 Å². The molecule has 0 bridgehead atoms. The second-order valence-electron chi connectivity index (χ2n) is 7.84. The van der Waals surface area contributed by atoms with Gasteiger partial charge in [-0.15, -0.1) is 23.1 Å². The summed E-state index contributed by atoms with van der Waals surface area (Å²) in [4.78, 5) is 22.4. The number of thiophene rings is 1. The number of hydrogen-bond donors (Lipinski definition) is 0. The maximum absolute atomic E-state index is 13.7. The fourth-order valence-electron chi connectivity index (χ4n) is 4.28. The standard InChI is InChI=1S/C22H13ClF3N5OS2/c23-14-6-17(33-10-14)19-15(31-20-11(8-29-31)2-1-3-27-20)9-30-18-12(7-28-21(30)32)4-13(22(24,25)26)5-16(18)34-19/h1-8,10,15,19H,9H2. The highest BCUT2D eigenvalue weighted by atomic mass is 35.5. The van der Waals surface area contributed by atoms with E-state index in [1.165, 1.54) is 33.9 Å². The molecule has 5 heterocycles. The van der Waals surface area contributed by atoms with Gasteiger partial charge in [0.2, 0.25) is 0 Å². The van der Waals surface area contributed by atoms with Crippen molar-refractivity contribution >= 4 is 56.6 Å². The predicted molar refractivity (Wildman–Crippen MR) is 125 cm³/mol. The second-order valence-corrected chi connectivity index (χ2v) is 10.4. The van der Waals surface area contributed by atoms with Crippen molar-refractivity contribution in [2.24, 2.45) is 0 Å². The van der Waals surface area contributed by atoms with Crippen molar-refractivity contribution < 1.29 is 13.2 Å². The van der Waals surface area contributed by atoms with Crippen LogP contribution in [0.1, 0.15) is 21.7 Å². The summed E-state index contributed by atoms with van der Waals surface area (Å²) in [7, 11) is 0. The molecule has 1 aliphatic rings. The van der Waals surface area contributed by atoms with Gasteiger partial charge in [0.1, 0.15) is 0 Å². The summed E-state index contributed by atoms with van der Waals surface area (Å²) in [5.74, 6) is 0. The van der Waals surface area contributed by atoms with E-state index in [-0.39, 0.29) is 17.2 Å². The number of benzene rings is 1. The average Bonchev–Trinajstić information content (AvgIpc) is 3.38. The van der Waals surface area contributed by atoms with Gasteiger partial charge in [-0.05, 0) is 30.3 Å². The Morgan fingerprint density at radius 2 is 1.97 bits per heavy atom. The highest BCUT2D eigenvalue weighted by molar-refractivity contribution is 8.00. The SMILES string of the molecule is O=c1ncc2cc(C(F)(F)F)cc3c2n1CC(n1ncc2cccnc21)C(c1cc(Cl)cs1)S3. The zero-order chi connectivity index (χ0) is 23.6. The molecule has 34 heavy (non-hydrogen) atoms. The lowest BCUT2D eigenvalue weighted by molar-refractivity contribution is -0.137. The molecular formula is C22H13ClF3N5OS2. The van der Waals surface area contributed by atoms with Gasteiger partial charge in [-0.1, -0.05) is 11.6 Å². The lowest BCUT2D eigenvalue weighted by Crippen LogP contribution is -2.29. The Bertz CT molecular complexity index is 1630. The van der Waals surface area contributed by atoms with Gasteiger partial charge >= 0.3 is 11.9 Å². The molecule has 0 aliphatic carbocycles. The van der Waals surface area contributed by atoms with Crippen LogP contribution in [-0.2, 0) is 12.7 Å². The van der Waals surface area contributed by atoms with Gasteiger partial charge in [-0.25, -0.2) is 19.4 Å². The molecule has 0 spiro atoms. The highest BCUT2D eigenvalue weighted by Gasteiger charge is 2.37. The molecule has 2 unspecified atom stereocenters. The molecule has 0 amide bonds. The number of halogens is 4. The van der Waals surface area contributed by atoms with Crippen molar-refractivity contribution in [3.05, 3.63) is 80.2 Å². The molecule has 5 aromatic rings. The van der Waals surface area contributed by atoms with Gasteiger partial charge < -0.3 is 0 Å². The van der Waals surface area contributed by atoms with Gasteiger partial charge in [-0.3, -0.25) is 4.57 Å². The number of pyridine rings is 1. The quantitative estimate of drug-likeness (QED) is 0.288. The van der Waals surface area contributed by atoms with Crippen LogP contribution >= 0.6 is 34.7 Å². The Morgan fingerprint density at radius 1 is 1.12 bits per heavy atom. The van der Waals surface area contributed by atoms with Gasteiger partial charge in [0, 0.05) is 38.3 Å². The molecule has 1 aliphatic heterocycles. The maximum atomic E-state index is 13.7. The number of aromatic nitrogens is 5.